The molecule has 0 atom stereocenters. The summed E-state index contributed by atoms with van der Waals surface area (Å²) in [6.07, 6.45) is 3.40. The Balaban J connectivity index is 1.90. The summed E-state index contributed by atoms with van der Waals surface area (Å²) >= 11 is 6.12. The van der Waals surface area contributed by atoms with Gasteiger partial charge in [-0.1, -0.05) is 17.7 Å². The van der Waals surface area contributed by atoms with Gasteiger partial charge in [0.1, 0.15) is 5.82 Å². The molecule has 1 heterocycles. The maximum atomic E-state index is 6.12. The van der Waals surface area contributed by atoms with E-state index in [1.54, 1.807) is 12.1 Å². The van der Waals surface area contributed by atoms with Crippen LogP contribution in [-0.4, -0.2) is 4.98 Å². The number of halogens is 1. The van der Waals surface area contributed by atoms with Crippen molar-refractivity contribution in [3.05, 3.63) is 46.6 Å². The Kier molecular flexibility index (Phi) is 2.84. The normalized spacial score (nSPS) is 13.4. The number of nitrogens with zero attached hydrogens (tertiary/aromatic N) is 1. The lowest BCUT2D eigenvalue weighted by Gasteiger charge is -2.09. The molecule has 0 unspecified atom stereocenters. The minimum atomic E-state index is 0.645. The van der Waals surface area contributed by atoms with Gasteiger partial charge in [-0.3, -0.25) is 0 Å². The fourth-order valence-electron chi connectivity index (χ4n) is 2.27. The van der Waals surface area contributed by atoms with Crippen LogP contribution in [-0.2, 0) is 12.8 Å². The van der Waals surface area contributed by atoms with Gasteiger partial charge in [-0.25, -0.2) is 4.98 Å². The molecule has 0 saturated carbocycles. The molecule has 0 bridgehead atoms. The van der Waals surface area contributed by atoms with Crippen molar-refractivity contribution in [2.24, 2.45) is 0 Å². The lowest BCUT2D eigenvalue weighted by Crippen LogP contribution is -1.98. The molecule has 18 heavy (non-hydrogen) atoms. The maximum Gasteiger partial charge on any atom is 0.130 e. The molecule has 0 spiro atoms. The number of anilines is 3. The highest BCUT2D eigenvalue weighted by molar-refractivity contribution is 6.33. The van der Waals surface area contributed by atoms with Crippen LogP contribution in [0.2, 0.25) is 5.02 Å². The first-order chi connectivity index (χ1) is 8.72. The van der Waals surface area contributed by atoms with E-state index in [0.717, 1.165) is 24.3 Å². The SMILES string of the molecule is Nc1ccc(Cl)c(Nc2ccc3c(n2)CCC3)c1. The average Bonchev–Trinajstić information content (AvgIpc) is 2.81. The second kappa shape index (κ2) is 4.50. The molecular weight excluding hydrogens is 246 g/mol. The topological polar surface area (TPSA) is 50.9 Å². The average molecular weight is 260 g/mol. The lowest BCUT2D eigenvalue weighted by atomic mass is 10.2. The van der Waals surface area contributed by atoms with E-state index in [2.05, 4.69) is 16.4 Å². The Morgan fingerprint density at radius 3 is 2.94 bits per heavy atom. The third kappa shape index (κ3) is 2.14. The van der Waals surface area contributed by atoms with Gasteiger partial charge in [0.2, 0.25) is 0 Å². The molecule has 0 saturated heterocycles. The number of pyridine rings is 1. The van der Waals surface area contributed by atoms with E-state index in [0.29, 0.717) is 10.7 Å². The van der Waals surface area contributed by atoms with E-state index in [-0.39, 0.29) is 0 Å². The number of hydrogen-bond donors (Lipinski definition) is 2. The molecule has 3 N–H and O–H groups in total. The van der Waals surface area contributed by atoms with Crippen molar-refractivity contribution in [2.75, 3.05) is 11.1 Å². The highest BCUT2D eigenvalue weighted by Gasteiger charge is 2.12. The van der Waals surface area contributed by atoms with E-state index in [9.17, 15) is 0 Å². The van der Waals surface area contributed by atoms with Gasteiger partial charge in [-0.2, -0.15) is 0 Å². The largest absolute Gasteiger partial charge is 0.399 e. The molecule has 2 aromatic rings. The van der Waals surface area contributed by atoms with Gasteiger partial charge in [0.05, 0.1) is 10.7 Å². The van der Waals surface area contributed by atoms with Crippen LogP contribution in [0.3, 0.4) is 0 Å². The first-order valence-electron chi connectivity index (χ1n) is 6.03. The van der Waals surface area contributed by atoms with Gasteiger partial charge in [0.25, 0.3) is 0 Å². The minimum Gasteiger partial charge on any atom is -0.399 e. The highest BCUT2D eigenvalue weighted by Crippen LogP contribution is 2.28. The third-order valence-corrected chi connectivity index (χ3v) is 3.51. The Bertz CT molecular complexity index is 596. The Morgan fingerprint density at radius 2 is 2.06 bits per heavy atom. The summed E-state index contributed by atoms with van der Waals surface area (Å²) in [5.41, 5.74) is 9.78. The van der Waals surface area contributed by atoms with E-state index >= 15 is 0 Å². The molecule has 0 fully saturated rings. The van der Waals surface area contributed by atoms with Crippen molar-refractivity contribution < 1.29 is 0 Å². The number of benzene rings is 1. The number of hydrogen-bond acceptors (Lipinski definition) is 3. The fourth-order valence-corrected chi connectivity index (χ4v) is 2.43. The number of aryl methyl sites for hydroxylation is 2. The van der Waals surface area contributed by atoms with Crippen LogP contribution in [0.15, 0.2) is 30.3 Å². The third-order valence-electron chi connectivity index (χ3n) is 3.18. The zero-order chi connectivity index (χ0) is 12.5. The van der Waals surface area contributed by atoms with Crippen LogP contribution in [0.4, 0.5) is 17.2 Å². The molecule has 1 aliphatic rings. The second-order valence-electron chi connectivity index (χ2n) is 4.52. The number of nitrogen functional groups attached to an aromatic ring is 1. The van der Waals surface area contributed by atoms with E-state index in [1.165, 1.54) is 17.7 Å². The highest BCUT2D eigenvalue weighted by atomic mass is 35.5. The Labute approximate surface area is 111 Å². The Hall–Kier alpha value is -1.74. The molecule has 3 rings (SSSR count). The van der Waals surface area contributed by atoms with E-state index < -0.39 is 0 Å². The fraction of sp³-hybridized carbons (Fsp3) is 0.214. The Morgan fingerprint density at radius 1 is 1.17 bits per heavy atom. The van der Waals surface area contributed by atoms with Gasteiger partial charge in [-0.15, -0.1) is 0 Å². The molecule has 3 nitrogen and oxygen atoms in total. The molecule has 1 aromatic carbocycles. The summed E-state index contributed by atoms with van der Waals surface area (Å²) < 4.78 is 0. The number of aromatic nitrogens is 1. The summed E-state index contributed by atoms with van der Waals surface area (Å²) in [5.74, 6) is 0.822. The van der Waals surface area contributed by atoms with Crippen LogP contribution in [0.25, 0.3) is 0 Å². The first kappa shape index (κ1) is 11.4. The summed E-state index contributed by atoms with van der Waals surface area (Å²) in [6.45, 7) is 0. The summed E-state index contributed by atoms with van der Waals surface area (Å²) in [7, 11) is 0. The summed E-state index contributed by atoms with van der Waals surface area (Å²) in [5, 5.41) is 3.86. The van der Waals surface area contributed by atoms with Gasteiger partial charge in [0.15, 0.2) is 0 Å². The predicted molar refractivity (Wildman–Crippen MR) is 75.4 cm³/mol. The first-order valence-corrected chi connectivity index (χ1v) is 6.41. The van der Waals surface area contributed by atoms with Gasteiger partial charge < -0.3 is 11.1 Å². The van der Waals surface area contributed by atoms with Crippen LogP contribution in [0, 0.1) is 0 Å². The van der Waals surface area contributed by atoms with E-state index in [4.69, 9.17) is 17.3 Å². The van der Waals surface area contributed by atoms with Crippen LogP contribution < -0.4 is 11.1 Å². The van der Waals surface area contributed by atoms with Crippen LogP contribution in [0.1, 0.15) is 17.7 Å². The minimum absolute atomic E-state index is 0.645. The number of nitrogens with one attached hydrogen (secondary N) is 1. The van der Waals surface area contributed by atoms with Crippen molar-refractivity contribution in [1.82, 2.24) is 4.98 Å². The summed E-state index contributed by atoms with van der Waals surface area (Å²) in [4.78, 5) is 4.61. The van der Waals surface area contributed by atoms with Gasteiger partial charge in [0, 0.05) is 11.4 Å². The monoisotopic (exact) mass is 259 g/mol. The van der Waals surface area contributed by atoms with Crippen molar-refractivity contribution in [1.29, 1.82) is 0 Å². The smallest absolute Gasteiger partial charge is 0.130 e. The molecule has 0 radical (unpaired) electrons. The molecule has 0 amide bonds. The van der Waals surface area contributed by atoms with Crippen molar-refractivity contribution in [3.63, 3.8) is 0 Å². The lowest BCUT2D eigenvalue weighted by molar-refractivity contribution is 0.900. The maximum absolute atomic E-state index is 6.12. The van der Waals surface area contributed by atoms with Gasteiger partial charge in [-0.05, 0) is 49.1 Å². The summed E-state index contributed by atoms with van der Waals surface area (Å²) in [6, 6.07) is 9.51. The zero-order valence-corrected chi connectivity index (χ0v) is 10.7. The van der Waals surface area contributed by atoms with Crippen molar-refractivity contribution in [3.8, 4) is 0 Å². The number of fused-ring (bicyclic) bond motifs is 1. The zero-order valence-electron chi connectivity index (χ0n) is 9.91. The quantitative estimate of drug-likeness (QED) is 0.811. The molecular formula is C14H14ClN3. The van der Waals surface area contributed by atoms with Gasteiger partial charge >= 0.3 is 0 Å². The molecule has 4 heteroatoms. The molecule has 1 aliphatic carbocycles. The van der Waals surface area contributed by atoms with E-state index in [1.807, 2.05) is 12.1 Å². The molecule has 1 aromatic heterocycles. The van der Waals surface area contributed by atoms with Crippen molar-refractivity contribution >= 4 is 28.8 Å². The predicted octanol–water partition coefficient (Wildman–Crippen LogP) is 3.55. The van der Waals surface area contributed by atoms with Crippen molar-refractivity contribution in [2.45, 2.75) is 19.3 Å². The standard InChI is InChI=1S/C14H14ClN3/c15-11-6-5-10(16)8-13(11)18-14-7-4-9-2-1-3-12(9)17-14/h4-8H,1-3,16H2,(H,17,18). The second-order valence-corrected chi connectivity index (χ2v) is 4.93. The molecule has 92 valence electrons. The van der Waals surface area contributed by atoms with Crippen LogP contribution in [0.5, 0.6) is 0 Å². The molecule has 0 aliphatic heterocycles. The number of nitrogens with two attached hydrogens (primary N) is 1. The van der Waals surface area contributed by atoms with Crippen LogP contribution >= 0.6 is 11.6 Å². The number of rotatable bonds is 2.